The monoisotopic (exact) mass is 381 g/mol. The molecule has 0 saturated carbocycles. The number of sulfonamides is 1. The molecule has 144 valence electrons. The first-order valence-electron chi connectivity index (χ1n) is 9.00. The number of hydrazone groups is 1. The molecule has 2 rings (SSSR count). The van der Waals surface area contributed by atoms with E-state index in [1.54, 1.807) is 13.1 Å². The van der Waals surface area contributed by atoms with Gasteiger partial charge < -0.3 is 4.74 Å². The van der Waals surface area contributed by atoms with Gasteiger partial charge in [-0.1, -0.05) is 6.92 Å². The second-order valence-corrected chi connectivity index (χ2v) is 8.51. The van der Waals surface area contributed by atoms with Crippen LogP contribution in [0.25, 0.3) is 0 Å². The van der Waals surface area contributed by atoms with Crippen LogP contribution in [0.1, 0.15) is 38.7 Å². The molecule has 1 aromatic carbocycles. The SMILES string of the molecule is CCCOc1ccc(/C=N\NC(=O)[C@H]2CCCN(S(=O)(=O)CC)C2)cc1. The van der Waals surface area contributed by atoms with E-state index in [1.807, 2.05) is 31.2 Å². The van der Waals surface area contributed by atoms with E-state index in [9.17, 15) is 13.2 Å². The molecule has 0 aliphatic carbocycles. The van der Waals surface area contributed by atoms with Crippen LogP contribution in [-0.2, 0) is 14.8 Å². The highest BCUT2D eigenvalue weighted by Crippen LogP contribution is 2.19. The average molecular weight is 381 g/mol. The summed E-state index contributed by atoms with van der Waals surface area (Å²) in [7, 11) is -3.26. The first-order chi connectivity index (χ1) is 12.5. The Morgan fingerprint density at radius 3 is 2.73 bits per heavy atom. The summed E-state index contributed by atoms with van der Waals surface area (Å²) in [5, 5.41) is 3.98. The van der Waals surface area contributed by atoms with E-state index in [0.717, 1.165) is 17.7 Å². The zero-order chi connectivity index (χ0) is 19.0. The Bertz CT molecular complexity index is 716. The van der Waals surface area contributed by atoms with Crippen molar-refractivity contribution in [2.45, 2.75) is 33.1 Å². The van der Waals surface area contributed by atoms with Crippen LogP contribution in [0, 0.1) is 5.92 Å². The van der Waals surface area contributed by atoms with Crippen LogP contribution in [0.2, 0.25) is 0 Å². The third kappa shape index (κ3) is 5.81. The van der Waals surface area contributed by atoms with E-state index in [-0.39, 0.29) is 24.1 Å². The highest BCUT2D eigenvalue weighted by Gasteiger charge is 2.31. The molecule has 0 unspecified atom stereocenters. The molecular formula is C18H27N3O4S. The normalized spacial score (nSPS) is 18.8. The van der Waals surface area contributed by atoms with Crippen LogP contribution in [0.4, 0.5) is 0 Å². The van der Waals surface area contributed by atoms with E-state index in [4.69, 9.17) is 4.74 Å². The zero-order valence-corrected chi connectivity index (χ0v) is 16.2. The summed E-state index contributed by atoms with van der Waals surface area (Å²) in [6.45, 7) is 5.04. The molecule has 1 aliphatic heterocycles. The molecule has 1 heterocycles. The second-order valence-electron chi connectivity index (χ2n) is 6.25. The van der Waals surface area contributed by atoms with Crippen LogP contribution in [0.3, 0.4) is 0 Å². The lowest BCUT2D eigenvalue weighted by Gasteiger charge is -2.30. The van der Waals surface area contributed by atoms with Gasteiger partial charge in [0, 0.05) is 13.1 Å². The van der Waals surface area contributed by atoms with Crippen molar-refractivity contribution in [2.75, 3.05) is 25.4 Å². The number of benzene rings is 1. The number of carbonyl (C=O) groups excluding carboxylic acids is 1. The minimum atomic E-state index is -3.26. The van der Waals surface area contributed by atoms with Gasteiger partial charge in [0.1, 0.15) is 5.75 Å². The number of hydrogen-bond acceptors (Lipinski definition) is 5. The zero-order valence-electron chi connectivity index (χ0n) is 15.3. The highest BCUT2D eigenvalue weighted by molar-refractivity contribution is 7.89. The molecule has 0 spiro atoms. The molecule has 1 aromatic rings. The minimum Gasteiger partial charge on any atom is -0.494 e. The lowest BCUT2D eigenvalue weighted by Crippen LogP contribution is -2.45. The molecule has 26 heavy (non-hydrogen) atoms. The van der Waals surface area contributed by atoms with Gasteiger partial charge in [0.05, 0.1) is 24.5 Å². The summed E-state index contributed by atoms with van der Waals surface area (Å²) in [6.07, 6.45) is 3.86. The second kappa shape index (κ2) is 9.68. The molecule has 1 N–H and O–H groups in total. The molecule has 1 aliphatic rings. The fraction of sp³-hybridized carbons (Fsp3) is 0.556. The van der Waals surface area contributed by atoms with Crippen LogP contribution >= 0.6 is 0 Å². The maximum Gasteiger partial charge on any atom is 0.244 e. The summed E-state index contributed by atoms with van der Waals surface area (Å²) in [4.78, 5) is 12.3. The summed E-state index contributed by atoms with van der Waals surface area (Å²) in [5.74, 6) is 0.233. The van der Waals surface area contributed by atoms with Crippen molar-refractivity contribution in [2.24, 2.45) is 11.0 Å². The molecule has 1 saturated heterocycles. The number of carbonyl (C=O) groups is 1. The van der Waals surface area contributed by atoms with Crippen molar-refractivity contribution in [3.63, 3.8) is 0 Å². The van der Waals surface area contributed by atoms with Gasteiger partial charge in [0.2, 0.25) is 15.9 Å². The predicted octanol–water partition coefficient (Wildman–Crippen LogP) is 1.99. The highest BCUT2D eigenvalue weighted by atomic mass is 32.2. The topological polar surface area (TPSA) is 88.1 Å². The number of nitrogens with one attached hydrogen (secondary N) is 1. The van der Waals surface area contributed by atoms with Gasteiger partial charge in [-0.2, -0.15) is 5.10 Å². The third-order valence-corrected chi connectivity index (χ3v) is 6.10. The first-order valence-corrected chi connectivity index (χ1v) is 10.6. The number of amides is 1. The van der Waals surface area contributed by atoms with Crippen LogP contribution in [0.5, 0.6) is 5.75 Å². The Balaban J connectivity index is 1.86. The number of ether oxygens (including phenoxy) is 1. The van der Waals surface area contributed by atoms with E-state index >= 15 is 0 Å². The van der Waals surface area contributed by atoms with Gasteiger partial charge in [-0.15, -0.1) is 0 Å². The van der Waals surface area contributed by atoms with Crippen LogP contribution in [-0.4, -0.2) is 50.3 Å². The number of hydrogen-bond donors (Lipinski definition) is 1. The Labute approximate surface area is 155 Å². The van der Waals surface area contributed by atoms with Gasteiger partial charge in [-0.3, -0.25) is 4.79 Å². The maximum absolute atomic E-state index is 12.3. The minimum absolute atomic E-state index is 0.0530. The molecule has 7 nitrogen and oxygen atoms in total. The van der Waals surface area contributed by atoms with Gasteiger partial charge in [0.15, 0.2) is 0 Å². The van der Waals surface area contributed by atoms with Gasteiger partial charge >= 0.3 is 0 Å². The molecule has 1 amide bonds. The van der Waals surface area contributed by atoms with Gasteiger partial charge in [-0.05, 0) is 56.0 Å². The number of piperidine rings is 1. The molecule has 1 atom stereocenters. The summed E-state index contributed by atoms with van der Waals surface area (Å²) >= 11 is 0. The van der Waals surface area contributed by atoms with E-state index in [1.165, 1.54) is 4.31 Å². The van der Waals surface area contributed by atoms with E-state index < -0.39 is 10.0 Å². The van der Waals surface area contributed by atoms with E-state index in [0.29, 0.717) is 26.0 Å². The third-order valence-electron chi connectivity index (χ3n) is 4.25. The molecule has 8 heteroatoms. The van der Waals surface area contributed by atoms with Crippen molar-refractivity contribution in [1.29, 1.82) is 0 Å². The summed E-state index contributed by atoms with van der Waals surface area (Å²) < 4.78 is 30.9. The molecule has 1 fully saturated rings. The lowest BCUT2D eigenvalue weighted by molar-refractivity contribution is -0.126. The maximum atomic E-state index is 12.3. The van der Waals surface area contributed by atoms with E-state index in [2.05, 4.69) is 10.5 Å². The first kappa shape index (κ1) is 20.4. The Morgan fingerprint density at radius 1 is 1.35 bits per heavy atom. The fourth-order valence-corrected chi connectivity index (χ4v) is 3.90. The number of rotatable bonds is 8. The summed E-state index contributed by atoms with van der Waals surface area (Å²) in [5.41, 5.74) is 3.36. The van der Waals surface area contributed by atoms with Crippen molar-refractivity contribution in [3.8, 4) is 5.75 Å². The predicted molar refractivity (Wildman–Crippen MR) is 102 cm³/mol. The van der Waals surface area contributed by atoms with Crippen LogP contribution in [0.15, 0.2) is 29.4 Å². The Hall–Kier alpha value is -1.93. The smallest absolute Gasteiger partial charge is 0.244 e. The molecule has 0 aromatic heterocycles. The van der Waals surface area contributed by atoms with Crippen molar-refractivity contribution in [3.05, 3.63) is 29.8 Å². The largest absolute Gasteiger partial charge is 0.494 e. The van der Waals surface area contributed by atoms with Crippen LogP contribution < -0.4 is 10.2 Å². The quantitative estimate of drug-likeness (QED) is 0.551. The fourth-order valence-electron chi connectivity index (χ4n) is 2.72. The molecule has 0 bridgehead atoms. The van der Waals surface area contributed by atoms with Crippen molar-refractivity contribution in [1.82, 2.24) is 9.73 Å². The average Bonchev–Trinajstić information content (AvgIpc) is 2.67. The van der Waals surface area contributed by atoms with Crippen molar-refractivity contribution < 1.29 is 17.9 Å². The van der Waals surface area contributed by atoms with Gasteiger partial charge in [0.25, 0.3) is 0 Å². The standard InChI is InChI=1S/C18H27N3O4S/c1-3-12-25-17-9-7-15(8-10-17)13-19-20-18(22)16-6-5-11-21(14-16)26(23,24)4-2/h7-10,13,16H,3-6,11-12,14H2,1-2H3,(H,20,22)/b19-13-/t16-/m0/s1. The Morgan fingerprint density at radius 2 is 2.08 bits per heavy atom. The molecular weight excluding hydrogens is 354 g/mol. The summed E-state index contributed by atoms with van der Waals surface area (Å²) in [6, 6.07) is 7.43. The molecule has 0 radical (unpaired) electrons. The Kier molecular flexibility index (Phi) is 7.59. The number of nitrogens with zero attached hydrogens (tertiary/aromatic N) is 2. The van der Waals surface area contributed by atoms with Gasteiger partial charge in [-0.25, -0.2) is 18.1 Å². The van der Waals surface area contributed by atoms with Crippen molar-refractivity contribution >= 4 is 22.1 Å². The lowest BCUT2D eigenvalue weighted by atomic mass is 9.99.